The van der Waals surface area contributed by atoms with E-state index in [0.717, 1.165) is 28.9 Å². The predicted octanol–water partition coefficient (Wildman–Crippen LogP) is 13.6. The maximum atomic E-state index is 13.7. The molecule has 17 heteroatoms. The van der Waals surface area contributed by atoms with Crippen LogP contribution in [-0.4, -0.2) is 54.9 Å². The highest BCUT2D eigenvalue weighted by atomic mass is 35.5. The van der Waals surface area contributed by atoms with Crippen molar-refractivity contribution < 1.29 is 42.2 Å². The SMILES string of the molecule is Cc1ccccc1C(=O)Nc1ccc(C(=O)N2CCCC(OP(C)(=O)O)c3cc(Cl)ccc32)c(C)c1.Cc1ccccc1C(=O)Nc1ccc(C(=O)N2CCCC(O[P+](C)=O)c3cc(Cl)ccc32)c(C)c1. The molecular formula is C54H55Cl2N4O9P2+. The molecule has 4 unspecified atom stereocenters. The summed E-state index contributed by atoms with van der Waals surface area (Å²) < 4.78 is 34.9. The molecule has 0 radical (unpaired) electrons. The third-order valence-corrected chi connectivity index (χ3v) is 13.9. The van der Waals surface area contributed by atoms with Crippen LogP contribution in [0.4, 0.5) is 22.7 Å². The lowest BCUT2D eigenvalue weighted by molar-refractivity contribution is 0.0978. The van der Waals surface area contributed by atoms with Crippen molar-refractivity contribution in [2.75, 3.05) is 46.9 Å². The van der Waals surface area contributed by atoms with Gasteiger partial charge in [0, 0.05) is 80.2 Å². The van der Waals surface area contributed by atoms with Crippen molar-refractivity contribution in [1.29, 1.82) is 0 Å². The molecule has 0 aromatic heterocycles. The number of rotatable bonds is 10. The average Bonchev–Trinajstić information content (AvgIpc) is 3.59. The van der Waals surface area contributed by atoms with Crippen LogP contribution in [0, 0.1) is 27.7 Å². The lowest BCUT2D eigenvalue weighted by Crippen LogP contribution is -2.32. The van der Waals surface area contributed by atoms with Gasteiger partial charge < -0.3 is 29.9 Å². The standard InChI is InChI=1S/C27H28ClN2O5P.C27H26ClN2O4P/c1-17-7-4-5-8-21(17)26(31)29-20-11-12-22(18(2)15-20)27(32)30-14-6-9-25(35-36(3,33)34)23-16-19(28)10-13-24(23)30;1-17-7-4-5-8-21(17)26(31)29-20-11-12-22(18(2)15-20)27(32)30-14-6-9-25(34-35(3)33)23-16-19(28)10-13-24(23)30/h4-5,7-8,10-13,15-16,25H,6,9,14H2,1-3H3,(H,29,31)(H,33,34);4-5,7-8,10-13,15-16,25H,6,9,14H2,1-3H3/p+1. The van der Waals surface area contributed by atoms with E-state index in [1.807, 2.05) is 70.2 Å². The van der Waals surface area contributed by atoms with E-state index in [4.69, 9.17) is 32.2 Å². The van der Waals surface area contributed by atoms with Gasteiger partial charge in [-0.05, 0) is 165 Å². The number of nitrogens with zero attached hydrogens (tertiary/aromatic N) is 2. The summed E-state index contributed by atoms with van der Waals surface area (Å²) in [5.74, 6) is -0.769. The number of amides is 4. The molecule has 6 aromatic carbocycles. The first-order chi connectivity index (χ1) is 33.8. The van der Waals surface area contributed by atoms with Crippen LogP contribution in [0.2, 0.25) is 10.0 Å². The Bertz CT molecular complexity index is 3090. The molecular weight excluding hydrogens is 981 g/mol. The fourth-order valence-corrected chi connectivity index (χ4v) is 10.5. The second-order valence-electron chi connectivity index (χ2n) is 17.6. The highest BCUT2D eigenvalue weighted by Gasteiger charge is 2.34. The number of benzene rings is 6. The van der Waals surface area contributed by atoms with Gasteiger partial charge in [-0.15, -0.1) is 4.52 Å². The summed E-state index contributed by atoms with van der Waals surface area (Å²) in [6.07, 6.45) is 1.32. The van der Waals surface area contributed by atoms with Gasteiger partial charge in [-0.25, -0.2) is 0 Å². The van der Waals surface area contributed by atoms with Gasteiger partial charge in [0.2, 0.25) is 0 Å². The molecule has 13 nitrogen and oxygen atoms in total. The maximum Gasteiger partial charge on any atom is 0.505 e. The van der Waals surface area contributed by atoms with Crippen molar-refractivity contribution in [2.24, 2.45) is 0 Å². The Morgan fingerprint density at radius 2 is 1.03 bits per heavy atom. The van der Waals surface area contributed by atoms with Crippen LogP contribution >= 0.6 is 38.8 Å². The topological polar surface area (TPSA) is 172 Å². The van der Waals surface area contributed by atoms with E-state index in [1.54, 1.807) is 88.7 Å². The summed E-state index contributed by atoms with van der Waals surface area (Å²) in [6, 6.07) is 35.6. The molecule has 2 aliphatic heterocycles. The average molecular weight is 1040 g/mol. The van der Waals surface area contributed by atoms with Gasteiger partial charge in [0.05, 0.1) is 11.8 Å². The summed E-state index contributed by atoms with van der Waals surface area (Å²) in [6.45, 7) is 11.0. The Balaban J connectivity index is 0.000000209. The van der Waals surface area contributed by atoms with Gasteiger partial charge in [0.1, 0.15) is 6.10 Å². The molecule has 3 N–H and O–H groups in total. The lowest BCUT2D eigenvalue weighted by atomic mass is 10.0. The number of nitrogens with one attached hydrogen (secondary N) is 2. The highest BCUT2D eigenvalue weighted by molar-refractivity contribution is 7.51. The number of aryl methyl sites for hydroxylation is 4. The molecule has 6 aromatic rings. The van der Waals surface area contributed by atoms with Crippen LogP contribution in [0.15, 0.2) is 121 Å². The molecule has 0 saturated heterocycles. The zero-order chi connectivity index (χ0) is 51.1. The predicted molar refractivity (Wildman–Crippen MR) is 282 cm³/mol. The van der Waals surface area contributed by atoms with E-state index in [0.29, 0.717) is 105 Å². The van der Waals surface area contributed by atoms with E-state index >= 15 is 0 Å². The normalized spacial score (nSPS) is 16.4. The minimum atomic E-state index is -3.76. The van der Waals surface area contributed by atoms with Gasteiger partial charge in [0.25, 0.3) is 23.6 Å². The van der Waals surface area contributed by atoms with Gasteiger partial charge >= 0.3 is 15.6 Å². The number of halogens is 2. The summed E-state index contributed by atoms with van der Waals surface area (Å²) in [4.78, 5) is 65.9. The van der Waals surface area contributed by atoms with Crippen LogP contribution in [-0.2, 0) is 18.2 Å². The molecule has 4 amide bonds. The maximum absolute atomic E-state index is 13.7. The van der Waals surface area contributed by atoms with Gasteiger partial charge in [0.15, 0.2) is 6.66 Å². The minimum Gasteiger partial charge on any atom is -0.324 e. The zero-order valence-corrected chi connectivity index (χ0v) is 43.5. The van der Waals surface area contributed by atoms with Crippen molar-refractivity contribution in [3.05, 3.63) is 187 Å². The summed E-state index contributed by atoms with van der Waals surface area (Å²) in [7, 11) is -5.57. The van der Waals surface area contributed by atoms with Crippen LogP contribution in [0.25, 0.3) is 0 Å². The fourth-order valence-electron chi connectivity index (χ4n) is 8.84. The van der Waals surface area contributed by atoms with Gasteiger partial charge in [-0.3, -0.25) is 23.7 Å². The van der Waals surface area contributed by atoms with E-state index in [-0.39, 0.29) is 23.6 Å². The molecule has 2 heterocycles. The molecule has 0 aliphatic carbocycles. The van der Waals surface area contributed by atoms with E-state index in [9.17, 15) is 33.2 Å². The van der Waals surface area contributed by atoms with Crippen molar-refractivity contribution in [3.63, 3.8) is 0 Å². The molecule has 0 spiro atoms. The second-order valence-corrected chi connectivity index (χ2v) is 21.4. The molecule has 0 saturated carbocycles. The smallest absolute Gasteiger partial charge is 0.324 e. The van der Waals surface area contributed by atoms with E-state index in [1.165, 1.54) is 6.66 Å². The fraction of sp³-hybridized carbons (Fsp3) is 0.259. The minimum absolute atomic E-state index is 0.149. The van der Waals surface area contributed by atoms with Gasteiger partial charge in [-0.2, -0.15) is 0 Å². The number of fused-ring (bicyclic) bond motifs is 2. The third kappa shape index (κ3) is 13.1. The molecule has 71 heavy (non-hydrogen) atoms. The quantitative estimate of drug-likeness (QED) is 0.113. The number of anilines is 4. The first kappa shape index (κ1) is 52.8. The van der Waals surface area contributed by atoms with Crippen LogP contribution in [0.1, 0.15) is 113 Å². The molecule has 368 valence electrons. The zero-order valence-electron chi connectivity index (χ0n) is 40.2. The first-order valence-electron chi connectivity index (χ1n) is 23.0. The van der Waals surface area contributed by atoms with Crippen molar-refractivity contribution in [3.8, 4) is 0 Å². The Labute approximate surface area is 424 Å². The molecule has 2 aliphatic rings. The Morgan fingerprint density at radius 1 is 0.606 bits per heavy atom. The molecule has 0 bridgehead atoms. The van der Waals surface area contributed by atoms with Crippen LogP contribution in [0.5, 0.6) is 0 Å². The summed E-state index contributed by atoms with van der Waals surface area (Å²) in [5, 5.41) is 6.80. The monoisotopic (exact) mass is 1040 g/mol. The Hall–Kier alpha value is -6.01. The van der Waals surface area contributed by atoms with Crippen molar-refractivity contribution >= 4 is 85.2 Å². The van der Waals surface area contributed by atoms with Crippen LogP contribution < -0.4 is 20.4 Å². The van der Waals surface area contributed by atoms with E-state index in [2.05, 4.69) is 10.6 Å². The largest absolute Gasteiger partial charge is 0.505 e. The summed E-state index contributed by atoms with van der Waals surface area (Å²) in [5.41, 5.74) is 9.33. The summed E-state index contributed by atoms with van der Waals surface area (Å²) >= 11 is 12.5. The molecule has 0 fully saturated rings. The van der Waals surface area contributed by atoms with Crippen LogP contribution in [0.3, 0.4) is 0 Å². The van der Waals surface area contributed by atoms with Crippen molar-refractivity contribution in [1.82, 2.24) is 0 Å². The van der Waals surface area contributed by atoms with Crippen molar-refractivity contribution in [2.45, 2.75) is 65.6 Å². The number of carbonyl (C=O) groups excluding carboxylic acids is 4. The Kier molecular flexibility index (Phi) is 17.1. The highest BCUT2D eigenvalue weighted by Crippen LogP contribution is 2.48. The van der Waals surface area contributed by atoms with Gasteiger partial charge in [-0.1, -0.05) is 59.6 Å². The lowest BCUT2D eigenvalue weighted by Gasteiger charge is -2.25. The van der Waals surface area contributed by atoms with E-state index < -0.39 is 27.8 Å². The number of hydrogen-bond acceptors (Lipinski definition) is 8. The second kappa shape index (κ2) is 23.0. The number of carbonyl (C=O) groups is 4. The molecule has 4 atom stereocenters. The first-order valence-corrected chi connectivity index (χ1v) is 27.4. The Morgan fingerprint density at radius 3 is 1.44 bits per heavy atom. The molecule has 8 rings (SSSR count). The number of hydrogen-bond donors (Lipinski definition) is 3. The third-order valence-electron chi connectivity index (χ3n) is 12.2.